The number of likely N-dealkylation sites (N-methyl/N-ethyl adjacent to an activating group) is 1. The van der Waals surface area contributed by atoms with E-state index in [4.69, 9.17) is 14.5 Å². The van der Waals surface area contributed by atoms with Crippen LogP contribution in [0.15, 0.2) is 41.9 Å². The molecule has 2 saturated carbocycles. The zero-order chi connectivity index (χ0) is 51.8. The number of nitrogens with one attached hydrogen (secondary N) is 2. The lowest BCUT2D eigenvalue weighted by molar-refractivity contribution is -0.155. The van der Waals surface area contributed by atoms with Gasteiger partial charge in [0.05, 0.1) is 40.8 Å². The van der Waals surface area contributed by atoms with E-state index in [1.807, 2.05) is 37.1 Å². The Labute approximate surface area is 434 Å². The van der Waals surface area contributed by atoms with Gasteiger partial charge in [-0.05, 0) is 120 Å². The number of carbonyl (C=O) groups excluding carboxylic acids is 4. The number of amides is 3. The number of hydrogen-bond donors (Lipinski definition) is 2. The van der Waals surface area contributed by atoms with Crippen molar-refractivity contribution in [3.8, 4) is 22.5 Å². The topological polar surface area (TPSA) is 154 Å². The van der Waals surface area contributed by atoms with Crippen LogP contribution in [0, 0.1) is 22.7 Å². The fourth-order valence-corrected chi connectivity index (χ4v) is 14.2. The number of nitrogens with zero attached hydrogens (tertiary/aromatic N) is 7. The fraction of sp³-hybridized carbons (Fsp3) is 0.636. The third-order valence-electron chi connectivity index (χ3n) is 17.2. The van der Waals surface area contributed by atoms with Gasteiger partial charge in [0.15, 0.2) is 0 Å². The van der Waals surface area contributed by atoms with Crippen LogP contribution in [0.25, 0.3) is 33.4 Å². The minimum absolute atomic E-state index is 0.00498. The number of piperidine rings is 1. The number of likely N-dealkylation sites (tertiary alicyclic amines) is 2. The number of hydrogen-bond acceptors (Lipinski definition) is 12. The van der Waals surface area contributed by atoms with Gasteiger partial charge in [-0.2, -0.15) is 13.2 Å². The zero-order valence-electron chi connectivity index (χ0n) is 43.2. The number of alkyl halides is 3. The van der Waals surface area contributed by atoms with Crippen LogP contribution in [-0.2, 0) is 48.0 Å². The number of aromatic nitrogens is 3. The van der Waals surface area contributed by atoms with Gasteiger partial charge >= 0.3 is 12.1 Å². The Morgan fingerprint density at radius 3 is 2.55 bits per heavy atom. The molecule has 8 heterocycles. The summed E-state index contributed by atoms with van der Waals surface area (Å²) < 4.78 is 57.3. The highest BCUT2D eigenvalue weighted by molar-refractivity contribution is 7.10. The number of fused-ring (bicyclic) bond motifs is 6. The SMILES string of the molecule is CO[C@@H](C)c1ncccc1-c1c2c3cc(ccc3n1CC(F)(F)F)-c1csc(n1)C[C@H](NC(=O)C(C1CCCC1)N1CCCC3(CN(C(=O)[C@H]4C(C5CC5)N4C)C3)C1)C(=O)N1CCC[C@H](N1)C(=O)OCC(C)(C)C2. The van der Waals surface area contributed by atoms with E-state index in [1.54, 1.807) is 30.5 Å². The summed E-state index contributed by atoms with van der Waals surface area (Å²) in [6, 6.07) is 6.89. The molecule has 0 radical (unpaired) electrons. The Morgan fingerprint density at radius 2 is 1.81 bits per heavy atom. The zero-order valence-corrected chi connectivity index (χ0v) is 44.0. The molecule has 15 nitrogen and oxygen atoms in total. The maximum atomic E-state index is 15.2. The van der Waals surface area contributed by atoms with Crippen LogP contribution in [0.5, 0.6) is 0 Å². The number of benzene rings is 1. The second-order valence-corrected chi connectivity index (χ2v) is 24.4. The average molecular weight is 1040 g/mol. The van der Waals surface area contributed by atoms with Crippen LogP contribution >= 0.6 is 11.3 Å². The maximum absolute atomic E-state index is 15.2. The molecule has 2 N–H and O–H groups in total. The van der Waals surface area contributed by atoms with E-state index < -0.39 is 48.3 Å². The van der Waals surface area contributed by atoms with Crippen LogP contribution in [0.3, 0.4) is 0 Å². The van der Waals surface area contributed by atoms with Crippen LogP contribution < -0.4 is 10.7 Å². The predicted octanol–water partition coefficient (Wildman–Crippen LogP) is 7.32. The predicted molar refractivity (Wildman–Crippen MR) is 273 cm³/mol. The Kier molecular flexibility index (Phi) is 13.7. The summed E-state index contributed by atoms with van der Waals surface area (Å²) in [5, 5.41) is 7.80. The first-order chi connectivity index (χ1) is 35.4. The summed E-state index contributed by atoms with van der Waals surface area (Å²) in [6.45, 7) is 7.53. The highest BCUT2D eigenvalue weighted by Gasteiger charge is 2.60. The van der Waals surface area contributed by atoms with E-state index in [2.05, 4.69) is 32.6 Å². The molecule has 4 saturated heterocycles. The Morgan fingerprint density at radius 1 is 1.03 bits per heavy atom. The van der Waals surface area contributed by atoms with Crippen molar-refractivity contribution in [3.05, 3.63) is 58.2 Å². The van der Waals surface area contributed by atoms with Gasteiger partial charge < -0.3 is 24.3 Å². The molecule has 3 unspecified atom stereocenters. The average Bonchev–Trinajstić information content (AvgIpc) is 4.14. The lowest BCUT2D eigenvalue weighted by Gasteiger charge is -2.56. The number of ether oxygens (including phenoxy) is 2. The second-order valence-electron chi connectivity index (χ2n) is 23.4. The number of halogens is 3. The summed E-state index contributed by atoms with van der Waals surface area (Å²) in [4.78, 5) is 74.1. The summed E-state index contributed by atoms with van der Waals surface area (Å²) in [6.07, 6.45) is 5.96. The van der Waals surface area contributed by atoms with Gasteiger partial charge in [-0.3, -0.25) is 39.0 Å². The van der Waals surface area contributed by atoms with Crippen molar-refractivity contribution in [2.24, 2.45) is 22.7 Å². The number of esters is 1. The highest BCUT2D eigenvalue weighted by Crippen LogP contribution is 2.49. The van der Waals surface area contributed by atoms with Crippen LogP contribution in [0.4, 0.5) is 13.2 Å². The number of thiazole rings is 1. The molecule has 398 valence electrons. The first-order valence-corrected chi connectivity index (χ1v) is 27.7. The standard InChI is InChI=1S/C55H70F3N9O6S/c1-32(72-5)44-36(13-8-20-59-44)47-38-25-53(2,3)31-73-52(71)39-14-9-22-67(62-39)50(69)40(24-43-60-41(26-74-43)35-17-18-42(37(38)23-35)66(47)30-55(56,57)58)61-49(68)46(33-11-6-7-12-33)64-21-10-19-54(27-64)28-65(29-54)51(70)48-45(63(48)4)34-15-16-34/h8,13,17-18,20,23,26,32-34,39-40,45-46,48,62H,6-7,9-12,14-16,19,21-22,24-25,27-31H2,1-5H3,(H,61,68)/t32-,39-,40-,45?,46?,48+,63?/m0/s1. The normalized spacial score (nSPS) is 27.4. The van der Waals surface area contributed by atoms with Gasteiger partial charge in [-0.1, -0.05) is 32.8 Å². The van der Waals surface area contributed by atoms with Crippen molar-refractivity contribution in [2.45, 2.75) is 147 Å². The van der Waals surface area contributed by atoms with Gasteiger partial charge in [-0.15, -0.1) is 11.3 Å². The molecule has 3 aromatic heterocycles. The number of pyridine rings is 1. The highest BCUT2D eigenvalue weighted by atomic mass is 32.1. The molecule has 4 aromatic rings. The summed E-state index contributed by atoms with van der Waals surface area (Å²) in [5.74, 6) is -0.121. The molecule has 74 heavy (non-hydrogen) atoms. The van der Waals surface area contributed by atoms with Crippen LogP contribution in [0.1, 0.15) is 107 Å². The lowest BCUT2D eigenvalue weighted by atomic mass is 9.72. The summed E-state index contributed by atoms with van der Waals surface area (Å²) in [7, 11) is 3.60. The molecule has 6 fully saturated rings. The van der Waals surface area contributed by atoms with Crippen molar-refractivity contribution in [1.29, 1.82) is 0 Å². The molecule has 5 aliphatic heterocycles. The van der Waals surface area contributed by atoms with E-state index in [0.29, 0.717) is 101 Å². The summed E-state index contributed by atoms with van der Waals surface area (Å²) >= 11 is 1.36. The van der Waals surface area contributed by atoms with Gasteiger partial charge in [0.2, 0.25) is 11.8 Å². The molecular weight excluding hydrogens is 972 g/mol. The number of carbonyl (C=O) groups is 4. The third-order valence-corrected chi connectivity index (χ3v) is 18.1. The first kappa shape index (κ1) is 51.2. The van der Waals surface area contributed by atoms with Crippen LogP contribution in [0.2, 0.25) is 0 Å². The molecule has 6 bridgehead atoms. The van der Waals surface area contributed by atoms with Gasteiger partial charge in [0, 0.05) is 90.2 Å². The van der Waals surface area contributed by atoms with E-state index in [-0.39, 0.29) is 54.5 Å². The largest absolute Gasteiger partial charge is 0.464 e. The quantitative estimate of drug-likeness (QED) is 0.121. The van der Waals surface area contributed by atoms with Gasteiger partial charge in [-0.25, -0.2) is 10.4 Å². The molecule has 7 atom stereocenters. The summed E-state index contributed by atoms with van der Waals surface area (Å²) in [5.41, 5.74) is 5.96. The van der Waals surface area contributed by atoms with Crippen molar-refractivity contribution in [1.82, 2.24) is 45.0 Å². The lowest BCUT2D eigenvalue weighted by Crippen LogP contribution is -2.68. The smallest absolute Gasteiger partial charge is 0.406 e. The maximum Gasteiger partial charge on any atom is 0.406 e. The van der Waals surface area contributed by atoms with E-state index >= 15 is 4.79 Å². The molecular formula is C55H70F3N9O6S. The van der Waals surface area contributed by atoms with Gasteiger partial charge in [0.25, 0.3) is 5.91 Å². The first-order valence-electron chi connectivity index (χ1n) is 26.8. The molecule has 1 aromatic carbocycles. The second kappa shape index (κ2) is 19.9. The fourth-order valence-electron chi connectivity index (χ4n) is 13.3. The number of hydrazine groups is 1. The number of methoxy groups -OCH3 is 1. The minimum Gasteiger partial charge on any atom is -0.464 e. The van der Waals surface area contributed by atoms with E-state index in [9.17, 15) is 27.6 Å². The Bertz CT molecular complexity index is 2800. The molecule has 3 amide bonds. The van der Waals surface area contributed by atoms with Crippen molar-refractivity contribution < 1.29 is 41.8 Å². The molecule has 19 heteroatoms. The number of rotatable bonds is 10. The Hall–Kier alpha value is -4.95. The number of cyclic esters (lactones) is 1. The van der Waals surface area contributed by atoms with E-state index in [0.717, 1.165) is 45.1 Å². The molecule has 11 rings (SSSR count). The van der Waals surface area contributed by atoms with Crippen molar-refractivity contribution in [2.75, 3.05) is 53.5 Å². The molecule has 2 aliphatic carbocycles. The third kappa shape index (κ3) is 10.1. The van der Waals surface area contributed by atoms with Crippen LogP contribution in [-0.4, -0.2) is 148 Å². The van der Waals surface area contributed by atoms with Crippen molar-refractivity contribution in [3.63, 3.8) is 0 Å². The van der Waals surface area contributed by atoms with Gasteiger partial charge in [0.1, 0.15) is 24.7 Å². The molecule has 1 spiro atoms. The van der Waals surface area contributed by atoms with Crippen molar-refractivity contribution >= 4 is 45.9 Å². The Balaban J connectivity index is 0.922. The molecule has 7 aliphatic rings. The van der Waals surface area contributed by atoms with E-state index in [1.165, 1.54) is 40.9 Å². The minimum atomic E-state index is -4.57. The monoisotopic (exact) mass is 1040 g/mol.